The highest BCUT2D eigenvalue weighted by molar-refractivity contribution is 7.91. The zero-order valence-electron chi connectivity index (χ0n) is 7.01. The molecule has 0 aliphatic rings. The largest absolute Gasteiger partial charge is 0.265 e. The number of aromatic nitrogens is 1. The molecule has 71 valence electrons. The second kappa shape index (κ2) is 4.34. The Hall–Kier alpha value is -0.940. The number of nitrogens with zero attached hydrogens (tertiary/aromatic N) is 1. The van der Waals surface area contributed by atoms with Gasteiger partial charge in [0.05, 0.1) is 17.3 Å². The molecule has 0 spiro atoms. The predicted octanol–water partition coefficient (Wildman–Crippen LogP) is 0.676. The molecule has 0 unspecified atom stereocenters. The van der Waals surface area contributed by atoms with Crippen molar-refractivity contribution in [3.8, 4) is 0 Å². The van der Waals surface area contributed by atoms with Crippen molar-refractivity contribution in [3.05, 3.63) is 24.5 Å². The van der Waals surface area contributed by atoms with Crippen LogP contribution in [-0.4, -0.2) is 25.8 Å². The predicted molar refractivity (Wildman–Crippen MR) is 46.5 cm³/mol. The van der Waals surface area contributed by atoms with E-state index in [2.05, 4.69) is 4.98 Å². The molecule has 4 nitrogen and oxygen atoms in total. The van der Waals surface area contributed by atoms with E-state index in [1.54, 1.807) is 0 Å². The van der Waals surface area contributed by atoms with E-state index in [-0.39, 0.29) is 23.7 Å². The van der Waals surface area contributed by atoms with Crippen molar-refractivity contribution in [2.75, 3.05) is 12.4 Å². The van der Waals surface area contributed by atoms with Crippen molar-refractivity contribution >= 4 is 9.84 Å². The maximum absolute atomic E-state index is 11.4. The van der Waals surface area contributed by atoms with Gasteiger partial charge >= 0.3 is 0 Å². The fourth-order valence-corrected chi connectivity index (χ4v) is 2.18. The van der Waals surface area contributed by atoms with Crippen molar-refractivity contribution in [2.45, 2.75) is 11.3 Å². The molecule has 1 aromatic rings. The van der Waals surface area contributed by atoms with Gasteiger partial charge in [0.2, 0.25) is 0 Å². The normalized spacial score (nSPS) is 11.5. The molecule has 13 heavy (non-hydrogen) atoms. The SMILES string of the molecule is [O]CCCS(=O)(=O)c1ccncc1. The molecule has 0 aromatic carbocycles. The number of sulfone groups is 1. The smallest absolute Gasteiger partial charge is 0.178 e. The average molecular weight is 200 g/mol. The summed E-state index contributed by atoms with van der Waals surface area (Å²) in [6.45, 7) is -0.357. The molecule has 0 atom stereocenters. The van der Waals surface area contributed by atoms with Gasteiger partial charge in [-0.15, -0.1) is 0 Å². The second-order valence-corrected chi connectivity index (χ2v) is 4.67. The molecule has 0 amide bonds. The Labute approximate surface area is 77.2 Å². The lowest BCUT2D eigenvalue weighted by atomic mass is 10.5. The third-order valence-corrected chi connectivity index (χ3v) is 3.38. The molecule has 0 fully saturated rings. The topological polar surface area (TPSA) is 66.9 Å². The van der Waals surface area contributed by atoms with Crippen molar-refractivity contribution in [1.82, 2.24) is 4.98 Å². The Morgan fingerprint density at radius 1 is 1.23 bits per heavy atom. The molecule has 1 aromatic heterocycles. The third kappa shape index (κ3) is 2.78. The van der Waals surface area contributed by atoms with Gasteiger partial charge in [0.1, 0.15) is 0 Å². The van der Waals surface area contributed by atoms with Gasteiger partial charge in [0.15, 0.2) is 9.84 Å². The van der Waals surface area contributed by atoms with E-state index in [1.165, 1.54) is 24.5 Å². The van der Waals surface area contributed by atoms with Crippen LogP contribution in [0.3, 0.4) is 0 Å². The van der Waals surface area contributed by atoms with Crippen LogP contribution < -0.4 is 0 Å². The summed E-state index contributed by atoms with van der Waals surface area (Å²) in [4.78, 5) is 3.95. The van der Waals surface area contributed by atoms with Crippen LogP contribution in [0.15, 0.2) is 29.4 Å². The lowest BCUT2D eigenvalue weighted by Gasteiger charge is -2.00. The van der Waals surface area contributed by atoms with Gasteiger partial charge in [-0.05, 0) is 18.6 Å². The van der Waals surface area contributed by atoms with Gasteiger partial charge in [-0.2, -0.15) is 0 Å². The van der Waals surface area contributed by atoms with Crippen LogP contribution in [-0.2, 0) is 14.9 Å². The molecule has 0 bridgehead atoms. The summed E-state index contributed by atoms with van der Waals surface area (Å²) in [5.74, 6) is -0.0828. The Balaban J connectivity index is 2.83. The van der Waals surface area contributed by atoms with Gasteiger partial charge in [0.25, 0.3) is 0 Å². The Morgan fingerprint density at radius 3 is 2.38 bits per heavy atom. The number of pyridine rings is 1. The van der Waals surface area contributed by atoms with E-state index in [0.717, 1.165) is 0 Å². The molecule has 0 saturated carbocycles. The van der Waals surface area contributed by atoms with Crippen LogP contribution in [0.2, 0.25) is 0 Å². The minimum Gasteiger partial charge on any atom is -0.265 e. The summed E-state index contributed by atoms with van der Waals surface area (Å²) in [5.41, 5.74) is 0. The standard InChI is InChI=1S/C8H10NO3S/c10-6-1-7-13(11,12)8-2-4-9-5-3-8/h2-5H,1,6-7H2. The maximum atomic E-state index is 11.4. The van der Waals surface area contributed by atoms with Crippen LogP contribution in [0.1, 0.15) is 6.42 Å². The summed E-state index contributed by atoms with van der Waals surface area (Å²) in [5, 5.41) is 10.1. The van der Waals surface area contributed by atoms with Crippen LogP contribution in [0.4, 0.5) is 0 Å². The highest BCUT2D eigenvalue weighted by Gasteiger charge is 2.12. The summed E-state index contributed by atoms with van der Waals surface area (Å²) in [6, 6.07) is 2.86. The Bertz CT molecular complexity index is 347. The Kier molecular flexibility index (Phi) is 3.39. The first kappa shape index (κ1) is 10.1. The highest BCUT2D eigenvalue weighted by atomic mass is 32.2. The molecule has 0 aliphatic heterocycles. The first-order valence-electron chi connectivity index (χ1n) is 3.88. The van der Waals surface area contributed by atoms with Crippen LogP contribution in [0, 0.1) is 0 Å². The van der Waals surface area contributed by atoms with Crippen molar-refractivity contribution < 1.29 is 13.5 Å². The molecule has 0 N–H and O–H groups in total. The minimum atomic E-state index is -3.26. The number of hydrogen-bond donors (Lipinski definition) is 0. The summed E-state index contributed by atoms with van der Waals surface area (Å²) >= 11 is 0. The van der Waals surface area contributed by atoms with Crippen molar-refractivity contribution in [1.29, 1.82) is 0 Å². The van der Waals surface area contributed by atoms with Crippen LogP contribution >= 0.6 is 0 Å². The monoisotopic (exact) mass is 200 g/mol. The first-order valence-corrected chi connectivity index (χ1v) is 5.53. The van der Waals surface area contributed by atoms with E-state index < -0.39 is 9.84 Å². The van der Waals surface area contributed by atoms with Gasteiger partial charge in [-0.3, -0.25) is 4.98 Å². The molecule has 0 saturated heterocycles. The van der Waals surface area contributed by atoms with Gasteiger partial charge in [-0.1, -0.05) is 0 Å². The summed E-state index contributed by atoms with van der Waals surface area (Å²) < 4.78 is 22.8. The number of hydrogen-bond acceptors (Lipinski definition) is 3. The zero-order valence-corrected chi connectivity index (χ0v) is 7.83. The molecule has 1 radical (unpaired) electrons. The number of rotatable bonds is 4. The van der Waals surface area contributed by atoms with Crippen LogP contribution in [0.25, 0.3) is 0 Å². The van der Waals surface area contributed by atoms with E-state index in [9.17, 15) is 13.5 Å². The van der Waals surface area contributed by atoms with E-state index >= 15 is 0 Å². The molecule has 0 aliphatic carbocycles. The second-order valence-electron chi connectivity index (χ2n) is 2.56. The first-order chi connectivity index (χ1) is 6.17. The fraction of sp³-hybridized carbons (Fsp3) is 0.375. The highest BCUT2D eigenvalue weighted by Crippen LogP contribution is 2.09. The lowest BCUT2D eigenvalue weighted by Crippen LogP contribution is -2.07. The van der Waals surface area contributed by atoms with Crippen molar-refractivity contribution in [2.24, 2.45) is 0 Å². The van der Waals surface area contributed by atoms with Gasteiger partial charge in [-0.25, -0.2) is 13.5 Å². The van der Waals surface area contributed by atoms with Crippen molar-refractivity contribution in [3.63, 3.8) is 0 Å². The minimum absolute atomic E-state index is 0.0828. The molecule has 1 rings (SSSR count). The molecule has 1 heterocycles. The summed E-state index contributed by atoms with van der Waals surface area (Å²) in [7, 11) is -3.26. The van der Waals surface area contributed by atoms with Gasteiger partial charge < -0.3 is 0 Å². The maximum Gasteiger partial charge on any atom is 0.178 e. The van der Waals surface area contributed by atoms with Crippen LogP contribution in [0.5, 0.6) is 0 Å². The Morgan fingerprint density at radius 2 is 1.85 bits per heavy atom. The lowest BCUT2D eigenvalue weighted by molar-refractivity contribution is 0.194. The summed E-state index contributed by atoms with van der Waals surface area (Å²) in [6.07, 6.45) is 3.00. The molecular formula is C8H10NO3S. The quantitative estimate of drug-likeness (QED) is 0.717. The molecule has 5 heteroatoms. The average Bonchev–Trinajstić information content (AvgIpc) is 2.16. The third-order valence-electron chi connectivity index (χ3n) is 1.57. The zero-order chi connectivity index (χ0) is 9.73. The van der Waals surface area contributed by atoms with E-state index in [0.29, 0.717) is 0 Å². The fourth-order valence-electron chi connectivity index (χ4n) is 0.912. The van der Waals surface area contributed by atoms with E-state index in [4.69, 9.17) is 0 Å². The van der Waals surface area contributed by atoms with E-state index in [1.807, 2.05) is 0 Å². The molecular weight excluding hydrogens is 190 g/mol. The van der Waals surface area contributed by atoms with Gasteiger partial charge in [0, 0.05) is 12.4 Å².